The molecule has 0 aliphatic carbocycles. The van der Waals surface area contributed by atoms with E-state index in [1.165, 1.54) is 12.2 Å². The van der Waals surface area contributed by atoms with E-state index in [0.29, 0.717) is 42.6 Å². The molecule has 0 saturated carbocycles. The number of carbonyl (C=O) groups excluding carboxylic acids is 2. The van der Waals surface area contributed by atoms with Crippen LogP contribution in [-0.2, 0) is 14.3 Å². The van der Waals surface area contributed by atoms with E-state index < -0.39 is 0 Å². The van der Waals surface area contributed by atoms with Gasteiger partial charge < -0.3 is 19.8 Å². The van der Waals surface area contributed by atoms with Gasteiger partial charge in [-0.1, -0.05) is 12.1 Å². The lowest BCUT2D eigenvalue weighted by Gasteiger charge is -2.25. The van der Waals surface area contributed by atoms with Crippen molar-refractivity contribution in [2.45, 2.75) is 0 Å². The van der Waals surface area contributed by atoms with Gasteiger partial charge in [-0.05, 0) is 36.4 Å². The number of para-hydroxylation sites is 2. The molecule has 8 nitrogen and oxygen atoms in total. The number of nitrogens with zero attached hydrogens (tertiary/aromatic N) is 2. The number of benzene rings is 2. The molecule has 1 aliphatic rings. The summed E-state index contributed by atoms with van der Waals surface area (Å²) in [5, 5.41) is 5.62. The summed E-state index contributed by atoms with van der Waals surface area (Å²) in [6.07, 6.45) is 2.89. The third-order valence-corrected chi connectivity index (χ3v) is 4.59. The molecular weight excluding hydrogens is 384 g/mol. The fourth-order valence-electron chi connectivity index (χ4n) is 3.09. The van der Waals surface area contributed by atoms with Crippen molar-refractivity contribution in [3.63, 3.8) is 0 Å². The van der Waals surface area contributed by atoms with Crippen LogP contribution in [0.3, 0.4) is 0 Å². The van der Waals surface area contributed by atoms with Gasteiger partial charge in [-0.3, -0.25) is 14.5 Å². The Balaban J connectivity index is 1.28. The molecule has 1 aromatic heterocycles. The van der Waals surface area contributed by atoms with Crippen LogP contribution in [0.15, 0.2) is 59.0 Å². The first-order valence-corrected chi connectivity index (χ1v) is 9.70. The van der Waals surface area contributed by atoms with Crippen LogP contribution in [0.4, 0.5) is 11.4 Å². The van der Waals surface area contributed by atoms with Crippen LogP contribution in [0.1, 0.15) is 5.89 Å². The van der Waals surface area contributed by atoms with Crippen molar-refractivity contribution >= 4 is 40.4 Å². The van der Waals surface area contributed by atoms with E-state index in [4.69, 9.17) is 9.15 Å². The van der Waals surface area contributed by atoms with E-state index >= 15 is 0 Å². The number of fused-ring (bicyclic) bond motifs is 1. The molecular formula is C22H22N4O4. The van der Waals surface area contributed by atoms with E-state index in [1.807, 2.05) is 24.3 Å². The van der Waals surface area contributed by atoms with E-state index in [0.717, 1.165) is 18.6 Å². The number of hydrogen-bond acceptors (Lipinski definition) is 6. The normalized spacial score (nSPS) is 14.8. The summed E-state index contributed by atoms with van der Waals surface area (Å²) in [6, 6.07) is 14.4. The first-order chi connectivity index (χ1) is 14.7. The first-order valence-electron chi connectivity index (χ1n) is 9.70. The Hall–Kier alpha value is -3.49. The predicted octanol–water partition coefficient (Wildman–Crippen LogP) is 2.75. The maximum absolute atomic E-state index is 12.1. The number of rotatable bonds is 6. The van der Waals surface area contributed by atoms with E-state index in [1.54, 1.807) is 24.3 Å². The zero-order valence-electron chi connectivity index (χ0n) is 16.3. The van der Waals surface area contributed by atoms with Crippen molar-refractivity contribution in [1.82, 2.24) is 9.88 Å². The van der Waals surface area contributed by atoms with Gasteiger partial charge in [-0.2, -0.15) is 0 Å². The Labute approximate surface area is 173 Å². The highest BCUT2D eigenvalue weighted by Crippen LogP contribution is 2.16. The number of carbonyl (C=O) groups is 2. The SMILES string of the molecule is O=C(/C=C/c1nc2ccccc2o1)Nc1ccc(NC(=O)CN2CCOCC2)cc1. The highest BCUT2D eigenvalue weighted by Gasteiger charge is 2.14. The van der Waals surface area contributed by atoms with Crippen LogP contribution < -0.4 is 10.6 Å². The highest BCUT2D eigenvalue weighted by atomic mass is 16.5. The zero-order valence-corrected chi connectivity index (χ0v) is 16.3. The predicted molar refractivity (Wildman–Crippen MR) is 114 cm³/mol. The number of aromatic nitrogens is 1. The summed E-state index contributed by atoms with van der Waals surface area (Å²) < 4.78 is 10.8. The smallest absolute Gasteiger partial charge is 0.248 e. The summed E-state index contributed by atoms with van der Waals surface area (Å²) in [6.45, 7) is 3.17. The van der Waals surface area contributed by atoms with Gasteiger partial charge in [0, 0.05) is 36.6 Å². The standard InChI is InChI=1S/C22H22N4O4/c27-20(9-10-22-25-18-3-1-2-4-19(18)30-22)23-16-5-7-17(8-6-16)24-21(28)15-26-11-13-29-14-12-26/h1-10H,11-15H2,(H,23,27)(H,24,28)/b10-9+. The van der Waals surface area contributed by atoms with Crippen molar-refractivity contribution < 1.29 is 18.7 Å². The van der Waals surface area contributed by atoms with Crippen molar-refractivity contribution in [3.8, 4) is 0 Å². The summed E-state index contributed by atoms with van der Waals surface area (Å²) in [5.41, 5.74) is 2.70. The minimum atomic E-state index is -0.304. The molecule has 154 valence electrons. The fraction of sp³-hybridized carbons (Fsp3) is 0.227. The lowest BCUT2D eigenvalue weighted by Crippen LogP contribution is -2.41. The van der Waals surface area contributed by atoms with Gasteiger partial charge in [0.05, 0.1) is 19.8 Å². The van der Waals surface area contributed by atoms with Crippen LogP contribution in [0.5, 0.6) is 0 Å². The summed E-state index contributed by atoms with van der Waals surface area (Å²) in [7, 11) is 0. The number of morpholine rings is 1. The molecule has 2 N–H and O–H groups in total. The van der Waals surface area contributed by atoms with E-state index in [9.17, 15) is 9.59 Å². The molecule has 0 bridgehead atoms. The maximum atomic E-state index is 12.1. The Morgan fingerprint density at radius 2 is 1.70 bits per heavy atom. The van der Waals surface area contributed by atoms with Crippen molar-refractivity contribution in [2.24, 2.45) is 0 Å². The Morgan fingerprint density at radius 3 is 2.43 bits per heavy atom. The van der Waals surface area contributed by atoms with Gasteiger partial charge in [0.1, 0.15) is 5.52 Å². The number of nitrogens with one attached hydrogen (secondary N) is 2. The van der Waals surface area contributed by atoms with Crippen LogP contribution in [0.2, 0.25) is 0 Å². The molecule has 0 spiro atoms. The molecule has 0 atom stereocenters. The van der Waals surface area contributed by atoms with Gasteiger partial charge >= 0.3 is 0 Å². The lowest BCUT2D eigenvalue weighted by molar-refractivity contribution is -0.118. The Morgan fingerprint density at radius 1 is 1.00 bits per heavy atom. The Bertz CT molecular complexity index is 1020. The average molecular weight is 406 g/mol. The zero-order chi connectivity index (χ0) is 20.8. The molecule has 1 fully saturated rings. The quantitative estimate of drug-likeness (QED) is 0.611. The van der Waals surface area contributed by atoms with Gasteiger partial charge in [0.15, 0.2) is 5.58 Å². The summed E-state index contributed by atoms with van der Waals surface area (Å²) in [5.74, 6) is -0.0130. The second-order valence-corrected chi connectivity index (χ2v) is 6.86. The second kappa shape index (κ2) is 9.34. The van der Waals surface area contributed by atoms with Gasteiger partial charge in [0.25, 0.3) is 0 Å². The average Bonchev–Trinajstić information content (AvgIpc) is 3.17. The number of hydrogen-bond donors (Lipinski definition) is 2. The monoisotopic (exact) mass is 406 g/mol. The number of oxazole rings is 1. The second-order valence-electron chi connectivity index (χ2n) is 6.86. The molecule has 0 radical (unpaired) electrons. The molecule has 2 heterocycles. The van der Waals surface area contributed by atoms with Crippen molar-refractivity contribution in [1.29, 1.82) is 0 Å². The minimum Gasteiger partial charge on any atom is -0.437 e. The molecule has 0 unspecified atom stereocenters. The molecule has 4 rings (SSSR count). The van der Waals surface area contributed by atoms with Crippen LogP contribution in [-0.4, -0.2) is 54.5 Å². The minimum absolute atomic E-state index is 0.0741. The van der Waals surface area contributed by atoms with E-state index in [-0.39, 0.29) is 11.8 Å². The van der Waals surface area contributed by atoms with Crippen molar-refractivity contribution in [3.05, 3.63) is 60.5 Å². The maximum Gasteiger partial charge on any atom is 0.248 e. The van der Waals surface area contributed by atoms with Gasteiger partial charge in [0.2, 0.25) is 17.7 Å². The summed E-state index contributed by atoms with van der Waals surface area (Å²) >= 11 is 0. The fourth-order valence-corrected chi connectivity index (χ4v) is 3.09. The van der Waals surface area contributed by atoms with Crippen LogP contribution in [0.25, 0.3) is 17.2 Å². The number of ether oxygens (including phenoxy) is 1. The molecule has 30 heavy (non-hydrogen) atoms. The molecule has 2 aromatic carbocycles. The molecule has 8 heteroatoms. The van der Waals surface area contributed by atoms with Gasteiger partial charge in [-0.25, -0.2) is 4.98 Å². The topological polar surface area (TPSA) is 96.7 Å². The molecule has 2 amide bonds. The number of anilines is 2. The van der Waals surface area contributed by atoms with Gasteiger partial charge in [-0.15, -0.1) is 0 Å². The summed E-state index contributed by atoms with van der Waals surface area (Å²) in [4.78, 5) is 30.6. The Kier molecular flexibility index (Phi) is 6.17. The van der Waals surface area contributed by atoms with Crippen LogP contribution >= 0.6 is 0 Å². The molecule has 3 aromatic rings. The largest absolute Gasteiger partial charge is 0.437 e. The van der Waals surface area contributed by atoms with Crippen LogP contribution in [0, 0.1) is 0 Å². The van der Waals surface area contributed by atoms with Crippen molar-refractivity contribution in [2.75, 3.05) is 43.5 Å². The third-order valence-electron chi connectivity index (χ3n) is 4.59. The number of amides is 2. The molecule has 1 aliphatic heterocycles. The highest BCUT2D eigenvalue weighted by molar-refractivity contribution is 6.02. The lowest BCUT2D eigenvalue weighted by atomic mass is 10.2. The van der Waals surface area contributed by atoms with E-state index in [2.05, 4.69) is 20.5 Å². The molecule has 1 saturated heterocycles. The third kappa shape index (κ3) is 5.31. The first kappa shape index (κ1) is 19.8.